The Kier molecular flexibility index (Phi) is 2.12. The zero-order chi connectivity index (χ0) is 9.35. The SMILES string of the molecule is C=C=C1C(CC(=O)OC)C1(C)C. The smallest absolute Gasteiger partial charge is 0.306 e. The summed E-state index contributed by atoms with van der Waals surface area (Å²) in [7, 11) is 1.41. The molecule has 1 fully saturated rings. The van der Waals surface area contributed by atoms with E-state index in [9.17, 15) is 4.79 Å². The van der Waals surface area contributed by atoms with Crippen LogP contribution in [-0.2, 0) is 9.53 Å². The molecule has 0 aromatic heterocycles. The summed E-state index contributed by atoms with van der Waals surface area (Å²) in [5.74, 6) is 0.140. The third-order valence-corrected chi connectivity index (χ3v) is 2.62. The molecule has 1 atom stereocenters. The summed E-state index contributed by atoms with van der Waals surface area (Å²) in [6.07, 6.45) is 0.460. The van der Waals surface area contributed by atoms with Crippen molar-refractivity contribution in [2.75, 3.05) is 7.11 Å². The highest BCUT2D eigenvalue weighted by atomic mass is 16.5. The highest BCUT2D eigenvalue weighted by Gasteiger charge is 2.53. The fourth-order valence-corrected chi connectivity index (χ4v) is 1.60. The molecule has 2 heteroatoms. The average Bonchev–Trinajstić information content (AvgIpc) is 2.53. The molecule has 1 aliphatic rings. The topological polar surface area (TPSA) is 26.3 Å². The first-order valence-corrected chi connectivity index (χ1v) is 4.01. The van der Waals surface area contributed by atoms with Crippen LogP contribution in [0.3, 0.4) is 0 Å². The van der Waals surface area contributed by atoms with Gasteiger partial charge in [0.15, 0.2) is 0 Å². The van der Waals surface area contributed by atoms with Crippen LogP contribution in [0, 0.1) is 11.3 Å². The van der Waals surface area contributed by atoms with Gasteiger partial charge >= 0.3 is 5.97 Å². The molecule has 1 saturated carbocycles. The van der Waals surface area contributed by atoms with Crippen molar-refractivity contribution >= 4 is 5.97 Å². The molecule has 0 amide bonds. The van der Waals surface area contributed by atoms with Crippen LogP contribution in [-0.4, -0.2) is 13.1 Å². The maximum Gasteiger partial charge on any atom is 0.306 e. The molecule has 0 radical (unpaired) electrons. The third-order valence-electron chi connectivity index (χ3n) is 2.62. The summed E-state index contributed by atoms with van der Waals surface area (Å²) in [6, 6.07) is 0. The number of carbonyl (C=O) groups is 1. The number of rotatable bonds is 2. The minimum Gasteiger partial charge on any atom is -0.469 e. The molecule has 1 rings (SSSR count). The Bertz CT molecular complexity index is 257. The van der Waals surface area contributed by atoms with Crippen LogP contribution in [0.15, 0.2) is 17.9 Å². The summed E-state index contributed by atoms with van der Waals surface area (Å²) in [5, 5.41) is 0. The lowest BCUT2D eigenvalue weighted by Crippen LogP contribution is -2.03. The molecule has 0 aromatic rings. The van der Waals surface area contributed by atoms with E-state index < -0.39 is 0 Å². The van der Waals surface area contributed by atoms with Crippen molar-refractivity contribution in [1.29, 1.82) is 0 Å². The van der Waals surface area contributed by atoms with Crippen molar-refractivity contribution in [2.45, 2.75) is 20.3 Å². The Labute approximate surface area is 72.9 Å². The van der Waals surface area contributed by atoms with Gasteiger partial charge in [-0.05, 0) is 5.57 Å². The van der Waals surface area contributed by atoms with E-state index >= 15 is 0 Å². The summed E-state index contributed by atoms with van der Waals surface area (Å²) >= 11 is 0. The van der Waals surface area contributed by atoms with Crippen molar-refractivity contribution in [3.05, 3.63) is 17.9 Å². The van der Waals surface area contributed by atoms with Crippen molar-refractivity contribution < 1.29 is 9.53 Å². The van der Waals surface area contributed by atoms with E-state index in [0.717, 1.165) is 5.57 Å². The van der Waals surface area contributed by atoms with Gasteiger partial charge in [-0.1, -0.05) is 20.4 Å². The van der Waals surface area contributed by atoms with Gasteiger partial charge in [0.05, 0.1) is 13.5 Å². The maximum atomic E-state index is 10.9. The van der Waals surface area contributed by atoms with Gasteiger partial charge in [0.1, 0.15) is 0 Å². The summed E-state index contributed by atoms with van der Waals surface area (Å²) in [4.78, 5) is 10.9. The molecule has 2 nitrogen and oxygen atoms in total. The van der Waals surface area contributed by atoms with E-state index in [0.29, 0.717) is 12.3 Å². The van der Waals surface area contributed by atoms with E-state index in [1.165, 1.54) is 7.11 Å². The van der Waals surface area contributed by atoms with Gasteiger partial charge in [0.25, 0.3) is 0 Å². The number of methoxy groups -OCH3 is 1. The van der Waals surface area contributed by atoms with Crippen LogP contribution >= 0.6 is 0 Å². The molecule has 1 unspecified atom stereocenters. The van der Waals surface area contributed by atoms with Crippen LogP contribution in [0.1, 0.15) is 20.3 Å². The molecular weight excluding hydrogens is 152 g/mol. The Morgan fingerprint density at radius 2 is 2.33 bits per heavy atom. The van der Waals surface area contributed by atoms with Crippen molar-refractivity contribution in [1.82, 2.24) is 0 Å². The fourth-order valence-electron chi connectivity index (χ4n) is 1.60. The molecule has 0 bridgehead atoms. The zero-order valence-corrected chi connectivity index (χ0v) is 7.81. The average molecular weight is 166 g/mol. The Morgan fingerprint density at radius 1 is 1.75 bits per heavy atom. The van der Waals surface area contributed by atoms with Gasteiger partial charge < -0.3 is 4.74 Å². The second kappa shape index (κ2) is 2.80. The first-order chi connectivity index (χ1) is 5.54. The van der Waals surface area contributed by atoms with Crippen LogP contribution in [0.25, 0.3) is 0 Å². The lowest BCUT2D eigenvalue weighted by atomic mass is 10.1. The number of hydrogen-bond acceptors (Lipinski definition) is 2. The summed E-state index contributed by atoms with van der Waals surface area (Å²) < 4.78 is 4.59. The molecule has 0 saturated heterocycles. The third kappa shape index (κ3) is 1.30. The number of allylic oxidation sites excluding steroid dienone is 1. The lowest BCUT2D eigenvalue weighted by molar-refractivity contribution is -0.141. The Balaban J connectivity index is 2.60. The highest BCUT2D eigenvalue weighted by molar-refractivity contribution is 5.71. The monoisotopic (exact) mass is 166 g/mol. The Morgan fingerprint density at radius 3 is 2.67 bits per heavy atom. The summed E-state index contributed by atoms with van der Waals surface area (Å²) in [5.41, 5.74) is 4.12. The zero-order valence-electron chi connectivity index (χ0n) is 7.81. The molecule has 12 heavy (non-hydrogen) atoms. The van der Waals surface area contributed by atoms with E-state index in [4.69, 9.17) is 0 Å². The molecule has 0 heterocycles. The normalized spacial score (nSPS) is 24.6. The predicted molar refractivity (Wildman–Crippen MR) is 46.6 cm³/mol. The van der Waals surface area contributed by atoms with Gasteiger partial charge in [-0.3, -0.25) is 4.79 Å². The second-order valence-electron chi connectivity index (χ2n) is 3.64. The lowest BCUT2D eigenvalue weighted by Gasteiger charge is -1.98. The van der Waals surface area contributed by atoms with Crippen molar-refractivity contribution in [2.24, 2.45) is 11.3 Å². The van der Waals surface area contributed by atoms with E-state index in [-0.39, 0.29) is 11.4 Å². The van der Waals surface area contributed by atoms with Gasteiger partial charge in [0.2, 0.25) is 0 Å². The van der Waals surface area contributed by atoms with Crippen LogP contribution in [0.5, 0.6) is 0 Å². The quantitative estimate of drug-likeness (QED) is 0.462. The van der Waals surface area contributed by atoms with Gasteiger partial charge in [0, 0.05) is 11.3 Å². The molecule has 1 aliphatic carbocycles. The number of ether oxygens (including phenoxy) is 1. The van der Waals surface area contributed by atoms with Crippen molar-refractivity contribution in [3.63, 3.8) is 0 Å². The first-order valence-electron chi connectivity index (χ1n) is 4.01. The number of esters is 1. The van der Waals surface area contributed by atoms with E-state index in [1.54, 1.807) is 0 Å². The highest BCUT2D eigenvalue weighted by Crippen LogP contribution is 2.58. The van der Waals surface area contributed by atoms with Crippen LogP contribution < -0.4 is 0 Å². The van der Waals surface area contributed by atoms with Crippen molar-refractivity contribution in [3.8, 4) is 0 Å². The van der Waals surface area contributed by atoms with E-state index in [2.05, 4.69) is 30.9 Å². The predicted octanol–water partition coefficient (Wildman–Crippen LogP) is 1.92. The van der Waals surface area contributed by atoms with Gasteiger partial charge in [-0.15, -0.1) is 5.73 Å². The summed E-state index contributed by atoms with van der Waals surface area (Å²) in [6.45, 7) is 7.77. The Hall–Kier alpha value is -1.01. The molecule has 66 valence electrons. The molecule has 0 N–H and O–H groups in total. The largest absolute Gasteiger partial charge is 0.469 e. The number of hydrogen-bond donors (Lipinski definition) is 0. The van der Waals surface area contributed by atoms with E-state index in [1.807, 2.05) is 0 Å². The fraction of sp³-hybridized carbons (Fsp3) is 0.600. The van der Waals surface area contributed by atoms with Gasteiger partial charge in [-0.25, -0.2) is 0 Å². The molecular formula is C10H14O2. The maximum absolute atomic E-state index is 10.9. The molecule has 0 aromatic carbocycles. The molecule has 0 spiro atoms. The molecule has 0 aliphatic heterocycles. The van der Waals surface area contributed by atoms with Crippen LogP contribution in [0.2, 0.25) is 0 Å². The second-order valence-corrected chi connectivity index (χ2v) is 3.64. The number of carbonyl (C=O) groups excluding carboxylic acids is 1. The van der Waals surface area contributed by atoms with Crippen LogP contribution in [0.4, 0.5) is 0 Å². The minimum atomic E-state index is -0.154. The minimum absolute atomic E-state index is 0.107. The standard InChI is InChI=1S/C10H14O2/c1-5-7-8(10(7,2)3)6-9(11)12-4/h8H,1,6H2,2-4H3. The van der Waals surface area contributed by atoms with Gasteiger partial charge in [-0.2, -0.15) is 0 Å². The first kappa shape index (κ1) is 9.08.